The Labute approximate surface area is 133 Å². The van der Waals surface area contributed by atoms with Crippen LogP contribution in [0.5, 0.6) is 5.75 Å². The van der Waals surface area contributed by atoms with Gasteiger partial charge in [0, 0.05) is 33.7 Å². The molecule has 1 N–H and O–H groups in total. The summed E-state index contributed by atoms with van der Waals surface area (Å²) in [4.78, 5) is 2.31. The summed E-state index contributed by atoms with van der Waals surface area (Å²) in [6, 6.07) is 7.58. The van der Waals surface area contributed by atoms with Crippen molar-refractivity contribution in [3.63, 3.8) is 0 Å². The summed E-state index contributed by atoms with van der Waals surface area (Å²) in [6.45, 7) is 2.40. The number of hydrogen-bond acceptors (Lipinski definition) is 4. The summed E-state index contributed by atoms with van der Waals surface area (Å²) in [7, 11) is 1.74. The smallest absolute Gasteiger partial charge is 0.279 e. The second-order valence-electron chi connectivity index (χ2n) is 5.87. The van der Waals surface area contributed by atoms with Crippen molar-refractivity contribution < 1.29 is 13.2 Å². The molecule has 1 aromatic rings. The fraction of sp³-hybridized carbons (Fsp3) is 0.600. The first-order valence-corrected chi connectivity index (χ1v) is 8.92. The molecule has 1 heterocycles. The van der Waals surface area contributed by atoms with E-state index in [1.54, 1.807) is 0 Å². The molecule has 1 aliphatic rings. The molecule has 1 aromatic carbocycles. The van der Waals surface area contributed by atoms with Crippen LogP contribution >= 0.6 is 0 Å². The summed E-state index contributed by atoms with van der Waals surface area (Å²) in [5.74, 6) is 0.841. The first-order valence-electron chi connectivity index (χ1n) is 7.48. The SMILES string of the molecule is CN1CCC(Oc2ccc(CNS(=O)(=O)N(C)C)cc2)CC1. The molecule has 1 fully saturated rings. The summed E-state index contributed by atoms with van der Waals surface area (Å²) >= 11 is 0. The molecule has 0 aromatic heterocycles. The Bertz CT molecular complexity index is 564. The number of rotatable bonds is 6. The van der Waals surface area contributed by atoms with Crippen molar-refractivity contribution in [1.82, 2.24) is 13.9 Å². The van der Waals surface area contributed by atoms with Gasteiger partial charge in [-0.15, -0.1) is 0 Å². The van der Waals surface area contributed by atoms with Crippen LogP contribution in [-0.2, 0) is 16.8 Å². The van der Waals surface area contributed by atoms with Gasteiger partial charge < -0.3 is 9.64 Å². The third kappa shape index (κ3) is 4.95. The molecule has 7 heteroatoms. The van der Waals surface area contributed by atoms with Crippen LogP contribution in [0, 0.1) is 0 Å². The van der Waals surface area contributed by atoms with Gasteiger partial charge in [0.15, 0.2) is 0 Å². The Kier molecular flexibility index (Phi) is 5.80. The molecule has 2 rings (SSSR count). The first-order chi connectivity index (χ1) is 10.4. The number of ether oxygens (including phenoxy) is 1. The van der Waals surface area contributed by atoms with Gasteiger partial charge in [-0.1, -0.05) is 12.1 Å². The zero-order valence-electron chi connectivity index (χ0n) is 13.4. The molecule has 0 bridgehead atoms. The van der Waals surface area contributed by atoms with E-state index in [1.165, 1.54) is 14.1 Å². The maximum atomic E-state index is 11.6. The Morgan fingerprint density at radius 1 is 1.23 bits per heavy atom. The van der Waals surface area contributed by atoms with E-state index in [4.69, 9.17) is 4.74 Å². The molecule has 22 heavy (non-hydrogen) atoms. The molecule has 0 atom stereocenters. The zero-order chi connectivity index (χ0) is 16.2. The monoisotopic (exact) mass is 327 g/mol. The predicted molar refractivity (Wildman–Crippen MR) is 87.0 cm³/mol. The van der Waals surface area contributed by atoms with Crippen LogP contribution in [-0.4, -0.2) is 58.0 Å². The maximum absolute atomic E-state index is 11.6. The molecule has 1 aliphatic heterocycles. The van der Waals surface area contributed by atoms with Gasteiger partial charge in [0.05, 0.1) is 0 Å². The average Bonchev–Trinajstić information content (AvgIpc) is 2.49. The maximum Gasteiger partial charge on any atom is 0.279 e. The summed E-state index contributed by atoms with van der Waals surface area (Å²) in [5, 5.41) is 0. The van der Waals surface area contributed by atoms with Crippen molar-refractivity contribution in [2.45, 2.75) is 25.5 Å². The molecule has 0 aliphatic carbocycles. The molecular formula is C15H25N3O3S. The van der Waals surface area contributed by atoms with E-state index in [1.807, 2.05) is 24.3 Å². The number of nitrogens with zero attached hydrogens (tertiary/aromatic N) is 2. The molecule has 0 spiro atoms. The van der Waals surface area contributed by atoms with Crippen molar-refractivity contribution in [2.75, 3.05) is 34.2 Å². The summed E-state index contributed by atoms with van der Waals surface area (Å²) < 4.78 is 33.0. The van der Waals surface area contributed by atoms with Crippen LogP contribution in [0.1, 0.15) is 18.4 Å². The van der Waals surface area contributed by atoms with E-state index >= 15 is 0 Å². The highest BCUT2D eigenvalue weighted by molar-refractivity contribution is 7.87. The fourth-order valence-electron chi connectivity index (χ4n) is 2.28. The van der Waals surface area contributed by atoms with Crippen LogP contribution < -0.4 is 9.46 Å². The third-order valence-electron chi connectivity index (χ3n) is 3.83. The minimum absolute atomic E-state index is 0.272. The molecule has 124 valence electrons. The molecule has 0 unspecified atom stereocenters. The van der Waals surface area contributed by atoms with E-state index in [9.17, 15) is 8.42 Å². The highest BCUT2D eigenvalue weighted by atomic mass is 32.2. The summed E-state index contributed by atoms with van der Waals surface area (Å²) in [5.41, 5.74) is 0.904. The van der Waals surface area contributed by atoms with Gasteiger partial charge in [0.1, 0.15) is 11.9 Å². The molecule has 6 nitrogen and oxygen atoms in total. The van der Waals surface area contributed by atoms with Crippen molar-refractivity contribution in [3.8, 4) is 5.75 Å². The van der Waals surface area contributed by atoms with Crippen LogP contribution in [0.4, 0.5) is 0 Å². The van der Waals surface area contributed by atoms with Gasteiger partial charge in [0.2, 0.25) is 0 Å². The van der Waals surface area contributed by atoms with Crippen LogP contribution in [0.2, 0.25) is 0 Å². The lowest BCUT2D eigenvalue weighted by molar-refractivity contribution is 0.114. The Hall–Kier alpha value is -1.15. The topological polar surface area (TPSA) is 61.9 Å². The quantitative estimate of drug-likeness (QED) is 0.848. The number of nitrogens with one attached hydrogen (secondary N) is 1. The Balaban J connectivity index is 1.85. The van der Waals surface area contributed by atoms with Gasteiger partial charge in [-0.2, -0.15) is 17.4 Å². The van der Waals surface area contributed by atoms with Crippen molar-refractivity contribution in [2.24, 2.45) is 0 Å². The van der Waals surface area contributed by atoms with E-state index in [0.29, 0.717) is 0 Å². The largest absolute Gasteiger partial charge is 0.490 e. The first kappa shape index (κ1) is 17.2. The fourth-order valence-corrected chi connectivity index (χ4v) is 2.89. The standard InChI is InChI=1S/C15H25N3O3S/c1-17(2)22(19,20)16-12-13-4-6-14(7-5-13)21-15-8-10-18(3)11-9-15/h4-7,15-16H,8-12H2,1-3H3. The van der Waals surface area contributed by atoms with Crippen molar-refractivity contribution in [1.29, 1.82) is 0 Å². The number of benzene rings is 1. The number of likely N-dealkylation sites (tertiary alicyclic amines) is 1. The lowest BCUT2D eigenvalue weighted by atomic mass is 10.1. The van der Waals surface area contributed by atoms with Gasteiger partial charge in [-0.3, -0.25) is 0 Å². The zero-order valence-corrected chi connectivity index (χ0v) is 14.3. The van der Waals surface area contributed by atoms with Gasteiger partial charge in [0.25, 0.3) is 10.2 Å². The molecule has 0 radical (unpaired) electrons. The van der Waals surface area contributed by atoms with Crippen LogP contribution in [0.15, 0.2) is 24.3 Å². The highest BCUT2D eigenvalue weighted by Gasteiger charge is 2.18. The lowest BCUT2D eigenvalue weighted by Gasteiger charge is -2.29. The Morgan fingerprint density at radius 3 is 2.36 bits per heavy atom. The molecular weight excluding hydrogens is 302 g/mol. The van der Waals surface area contributed by atoms with E-state index in [2.05, 4.69) is 16.7 Å². The van der Waals surface area contributed by atoms with Crippen molar-refractivity contribution in [3.05, 3.63) is 29.8 Å². The van der Waals surface area contributed by atoms with E-state index in [0.717, 1.165) is 41.5 Å². The average molecular weight is 327 g/mol. The Morgan fingerprint density at radius 2 is 1.82 bits per heavy atom. The second-order valence-corrected chi connectivity index (χ2v) is 7.84. The van der Waals surface area contributed by atoms with Crippen LogP contribution in [0.3, 0.4) is 0 Å². The normalized spacial score (nSPS) is 17.8. The lowest BCUT2D eigenvalue weighted by Crippen LogP contribution is -2.35. The molecule has 0 saturated carbocycles. The summed E-state index contributed by atoms with van der Waals surface area (Å²) in [6.07, 6.45) is 2.36. The molecule has 1 saturated heterocycles. The van der Waals surface area contributed by atoms with E-state index < -0.39 is 10.2 Å². The van der Waals surface area contributed by atoms with Gasteiger partial charge in [-0.05, 0) is 37.6 Å². The van der Waals surface area contributed by atoms with Crippen LogP contribution in [0.25, 0.3) is 0 Å². The van der Waals surface area contributed by atoms with Crippen molar-refractivity contribution >= 4 is 10.2 Å². The van der Waals surface area contributed by atoms with E-state index in [-0.39, 0.29) is 12.6 Å². The second kappa shape index (κ2) is 7.41. The minimum Gasteiger partial charge on any atom is -0.490 e. The number of piperidine rings is 1. The third-order valence-corrected chi connectivity index (χ3v) is 5.30. The predicted octanol–water partition coefficient (Wildman–Crippen LogP) is 1.06. The van der Waals surface area contributed by atoms with Gasteiger partial charge in [-0.25, -0.2) is 0 Å². The number of hydrogen-bond donors (Lipinski definition) is 1. The van der Waals surface area contributed by atoms with Gasteiger partial charge >= 0.3 is 0 Å². The highest BCUT2D eigenvalue weighted by Crippen LogP contribution is 2.19. The molecule has 0 amide bonds. The minimum atomic E-state index is -3.39.